The van der Waals surface area contributed by atoms with Crippen LogP contribution >= 0.6 is 0 Å². The van der Waals surface area contributed by atoms with Crippen molar-refractivity contribution in [2.45, 2.75) is 201 Å². The number of carbonyl (C=O) groups is 2. The first-order valence-electron chi connectivity index (χ1n) is 20.6. The van der Waals surface area contributed by atoms with Crippen LogP contribution in [0.4, 0.5) is 0 Å². The fourth-order valence-electron chi connectivity index (χ4n) is 6.32. The van der Waals surface area contributed by atoms with Crippen molar-refractivity contribution >= 4 is 11.9 Å². The lowest BCUT2D eigenvalue weighted by Gasteiger charge is -2.22. The Balaban J connectivity index is 4.20. The molecule has 6 heteroatoms. The average Bonchev–Trinajstić information content (AvgIpc) is 3.07. The molecule has 0 saturated carbocycles. The maximum Gasteiger partial charge on any atom is 0.305 e. The molecule has 0 spiro atoms. The van der Waals surface area contributed by atoms with E-state index in [4.69, 9.17) is 9.47 Å². The number of ether oxygens (including phenoxy) is 2. The quantitative estimate of drug-likeness (QED) is 0.0525. The van der Waals surface area contributed by atoms with E-state index >= 15 is 0 Å². The summed E-state index contributed by atoms with van der Waals surface area (Å²) >= 11 is 0. The summed E-state index contributed by atoms with van der Waals surface area (Å²) in [5.74, 6) is 0.898. The van der Waals surface area contributed by atoms with Crippen LogP contribution in [0, 0.1) is 11.8 Å². The van der Waals surface area contributed by atoms with Crippen molar-refractivity contribution < 1.29 is 24.2 Å². The molecule has 280 valence electrons. The molecule has 0 aliphatic carbocycles. The second kappa shape index (κ2) is 36.1. The third kappa shape index (κ3) is 33.1. The second-order valence-corrected chi connectivity index (χ2v) is 14.5. The standard InChI is InChI=1S/C41H81NO5/c1-5-8-11-14-15-20-29-39(28-19-13-10-7-3)37-47-41(45)31-22-17-24-33-42(34-25-26-35-43)32-23-16-21-30-40(44)46-36-38(4)27-18-12-9-6-2/h38-39,43H,5-37H2,1-4H3/t38?,39-/m1/s1. The first-order valence-corrected chi connectivity index (χ1v) is 20.6. The van der Waals surface area contributed by atoms with Crippen LogP contribution in [0.25, 0.3) is 0 Å². The Morgan fingerprint density at radius 2 is 0.915 bits per heavy atom. The average molecular weight is 668 g/mol. The molecule has 0 fully saturated rings. The number of rotatable bonds is 37. The number of aliphatic hydroxyl groups excluding tert-OH is 1. The van der Waals surface area contributed by atoms with Gasteiger partial charge in [0.15, 0.2) is 0 Å². The third-order valence-corrected chi connectivity index (χ3v) is 9.58. The molecule has 0 rings (SSSR count). The lowest BCUT2D eigenvalue weighted by atomic mass is 9.95. The second-order valence-electron chi connectivity index (χ2n) is 14.5. The van der Waals surface area contributed by atoms with Gasteiger partial charge >= 0.3 is 11.9 Å². The van der Waals surface area contributed by atoms with Gasteiger partial charge < -0.3 is 19.5 Å². The van der Waals surface area contributed by atoms with Gasteiger partial charge in [-0.1, -0.05) is 130 Å². The van der Waals surface area contributed by atoms with Crippen LogP contribution in [0.5, 0.6) is 0 Å². The summed E-state index contributed by atoms with van der Waals surface area (Å²) in [6.07, 6.45) is 30.5. The lowest BCUT2D eigenvalue weighted by molar-refractivity contribution is -0.146. The van der Waals surface area contributed by atoms with E-state index in [9.17, 15) is 14.7 Å². The first kappa shape index (κ1) is 45.9. The minimum absolute atomic E-state index is 0.0220. The summed E-state index contributed by atoms with van der Waals surface area (Å²) in [7, 11) is 0. The van der Waals surface area contributed by atoms with Gasteiger partial charge in [0, 0.05) is 19.4 Å². The van der Waals surface area contributed by atoms with Crippen LogP contribution in [-0.4, -0.2) is 61.4 Å². The van der Waals surface area contributed by atoms with Crippen LogP contribution < -0.4 is 0 Å². The van der Waals surface area contributed by atoms with Crippen molar-refractivity contribution in [1.29, 1.82) is 0 Å². The van der Waals surface area contributed by atoms with E-state index in [1.54, 1.807) is 0 Å². The molecule has 1 N–H and O–H groups in total. The van der Waals surface area contributed by atoms with Crippen molar-refractivity contribution in [3.63, 3.8) is 0 Å². The molecule has 0 aromatic carbocycles. The monoisotopic (exact) mass is 668 g/mol. The van der Waals surface area contributed by atoms with Crippen molar-refractivity contribution in [3.8, 4) is 0 Å². The highest BCUT2D eigenvalue weighted by Gasteiger charge is 2.13. The summed E-state index contributed by atoms with van der Waals surface area (Å²) < 4.78 is 11.3. The van der Waals surface area contributed by atoms with Gasteiger partial charge in [0.25, 0.3) is 0 Å². The first-order chi connectivity index (χ1) is 23.0. The Morgan fingerprint density at radius 3 is 1.43 bits per heavy atom. The zero-order chi connectivity index (χ0) is 34.6. The van der Waals surface area contributed by atoms with E-state index in [1.807, 2.05) is 0 Å². The minimum atomic E-state index is -0.0518. The van der Waals surface area contributed by atoms with Gasteiger partial charge in [-0.15, -0.1) is 0 Å². The number of unbranched alkanes of at least 4 members (excludes halogenated alkanes) is 16. The number of esters is 2. The van der Waals surface area contributed by atoms with Crippen LogP contribution in [0.3, 0.4) is 0 Å². The Labute approximate surface area is 292 Å². The normalized spacial score (nSPS) is 12.8. The molecular formula is C41H81NO5. The Hall–Kier alpha value is -1.14. The topological polar surface area (TPSA) is 76.1 Å². The van der Waals surface area contributed by atoms with Crippen molar-refractivity contribution in [3.05, 3.63) is 0 Å². The predicted molar refractivity (Wildman–Crippen MR) is 200 cm³/mol. The van der Waals surface area contributed by atoms with Crippen LogP contribution in [0.1, 0.15) is 201 Å². The van der Waals surface area contributed by atoms with Crippen LogP contribution in [-0.2, 0) is 19.1 Å². The molecule has 0 saturated heterocycles. The highest BCUT2D eigenvalue weighted by Crippen LogP contribution is 2.20. The Bertz CT molecular complexity index is 672. The molecule has 0 radical (unpaired) electrons. The Morgan fingerprint density at radius 1 is 0.511 bits per heavy atom. The SMILES string of the molecule is CCCCCCCC[C@@H](CCCCCC)COC(=O)CCCCCN(CCCCO)CCCCCC(=O)OCC(C)CCCCCC. The maximum absolute atomic E-state index is 12.5. The van der Waals surface area contributed by atoms with Crippen LogP contribution in [0.15, 0.2) is 0 Å². The van der Waals surface area contributed by atoms with Gasteiger partial charge in [0.2, 0.25) is 0 Å². The van der Waals surface area contributed by atoms with Gasteiger partial charge in [-0.2, -0.15) is 0 Å². The number of hydrogen-bond donors (Lipinski definition) is 1. The number of aliphatic hydroxyl groups is 1. The highest BCUT2D eigenvalue weighted by molar-refractivity contribution is 5.69. The number of carbonyl (C=O) groups excluding carboxylic acids is 2. The Kier molecular flexibility index (Phi) is 35.3. The summed E-state index contributed by atoms with van der Waals surface area (Å²) in [5, 5.41) is 9.24. The fraction of sp³-hybridized carbons (Fsp3) is 0.951. The van der Waals surface area contributed by atoms with E-state index in [1.165, 1.54) is 103 Å². The summed E-state index contributed by atoms with van der Waals surface area (Å²) in [6, 6.07) is 0. The molecule has 0 aliphatic heterocycles. The molecular weight excluding hydrogens is 586 g/mol. The highest BCUT2D eigenvalue weighted by atomic mass is 16.5. The maximum atomic E-state index is 12.5. The minimum Gasteiger partial charge on any atom is -0.465 e. The summed E-state index contributed by atoms with van der Waals surface area (Å²) in [5.41, 5.74) is 0. The van der Waals surface area contributed by atoms with E-state index in [2.05, 4.69) is 32.6 Å². The van der Waals surface area contributed by atoms with Gasteiger partial charge in [0.1, 0.15) is 0 Å². The molecule has 1 unspecified atom stereocenters. The zero-order valence-electron chi connectivity index (χ0n) is 32.0. The fourth-order valence-corrected chi connectivity index (χ4v) is 6.32. The molecule has 0 aliphatic rings. The molecule has 47 heavy (non-hydrogen) atoms. The van der Waals surface area contributed by atoms with E-state index < -0.39 is 0 Å². The van der Waals surface area contributed by atoms with Gasteiger partial charge in [-0.3, -0.25) is 9.59 Å². The molecule has 0 heterocycles. The summed E-state index contributed by atoms with van der Waals surface area (Å²) in [6.45, 7) is 13.4. The van der Waals surface area contributed by atoms with Gasteiger partial charge in [-0.25, -0.2) is 0 Å². The molecule has 0 bridgehead atoms. The van der Waals surface area contributed by atoms with E-state index in [-0.39, 0.29) is 18.5 Å². The van der Waals surface area contributed by atoms with Crippen LogP contribution in [0.2, 0.25) is 0 Å². The van der Waals surface area contributed by atoms with Crippen molar-refractivity contribution in [1.82, 2.24) is 4.90 Å². The summed E-state index contributed by atoms with van der Waals surface area (Å²) in [4.78, 5) is 27.2. The van der Waals surface area contributed by atoms with Gasteiger partial charge in [-0.05, 0) is 89.3 Å². The smallest absolute Gasteiger partial charge is 0.305 e. The molecule has 0 aromatic heterocycles. The van der Waals surface area contributed by atoms with Crippen molar-refractivity contribution in [2.24, 2.45) is 11.8 Å². The zero-order valence-corrected chi connectivity index (χ0v) is 32.0. The third-order valence-electron chi connectivity index (χ3n) is 9.58. The molecule has 0 aromatic rings. The molecule has 2 atom stereocenters. The largest absolute Gasteiger partial charge is 0.465 e. The number of nitrogens with zero attached hydrogens (tertiary/aromatic N) is 1. The number of hydrogen-bond acceptors (Lipinski definition) is 6. The van der Waals surface area contributed by atoms with Gasteiger partial charge in [0.05, 0.1) is 13.2 Å². The van der Waals surface area contributed by atoms with E-state index in [0.717, 1.165) is 77.4 Å². The molecule has 6 nitrogen and oxygen atoms in total. The lowest BCUT2D eigenvalue weighted by Crippen LogP contribution is -2.27. The van der Waals surface area contributed by atoms with E-state index in [0.29, 0.717) is 37.9 Å². The molecule has 0 amide bonds. The predicted octanol–water partition coefficient (Wildman–Crippen LogP) is 11.2. The van der Waals surface area contributed by atoms with Crippen molar-refractivity contribution in [2.75, 3.05) is 39.5 Å².